The van der Waals surface area contributed by atoms with Gasteiger partial charge in [-0.2, -0.15) is 0 Å². The number of aliphatic hydroxyl groups is 1. The third-order valence-electron chi connectivity index (χ3n) is 7.06. The number of carbonyl (C=O) groups is 1. The topological polar surface area (TPSA) is 55.8 Å². The minimum Gasteiger partial charge on any atom is -0.435 e. The van der Waals surface area contributed by atoms with Crippen molar-refractivity contribution in [2.24, 2.45) is 28.6 Å². The standard InChI is InChI=1S/C20H30O4/c1-11-14-13(20(4)9-5-8-19(2,3)10-20)7-6-12-15(14)18(23-16(11)21)24-17(12)22/h11-12,15,17-18,22H,5-10H2,1-4H3/t11-,12-,15-,17?,18?,20+/m1/s1. The Hall–Kier alpha value is -0.870. The second kappa shape index (κ2) is 5.31. The third-order valence-corrected chi connectivity index (χ3v) is 7.06. The molecule has 4 heteroatoms. The zero-order valence-electron chi connectivity index (χ0n) is 15.3. The lowest BCUT2D eigenvalue weighted by atomic mass is 9.56. The molecule has 2 aliphatic carbocycles. The molecule has 0 bridgehead atoms. The molecule has 3 fully saturated rings. The molecule has 0 aromatic heterocycles. The minimum absolute atomic E-state index is 0.0540. The molecular weight excluding hydrogens is 304 g/mol. The largest absolute Gasteiger partial charge is 0.435 e. The summed E-state index contributed by atoms with van der Waals surface area (Å²) in [5.41, 5.74) is 3.22. The van der Waals surface area contributed by atoms with Gasteiger partial charge >= 0.3 is 5.97 Å². The van der Waals surface area contributed by atoms with Crippen LogP contribution < -0.4 is 0 Å². The Balaban J connectivity index is 1.80. The van der Waals surface area contributed by atoms with Crippen molar-refractivity contribution in [2.75, 3.05) is 0 Å². The van der Waals surface area contributed by atoms with Gasteiger partial charge in [0.2, 0.25) is 6.29 Å². The van der Waals surface area contributed by atoms with Crippen LogP contribution in [-0.2, 0) is 14.3 Å². The van der Waals surface area contributed by atoms with Gasteiger partial charge in [-0.15, -0.1) is 0 Å². The van der Waals surface area contributed by atoms with Gasteiger partial charge in [0, 0.05) is 5.92 Å². The van der Waals surface area contributed by atoms with E-state index >= 15 is 0 Å². The number of hydrogen-bond acceptors (Lipinski definition) is 4. The van der Waals surface area contributed by atoms with E-state index in [0.717, 1.165) is 12.8 Å². The maximum atomic E-state index is 12.4. The van der Waals surface area contributed by atoms with Crippen molar-refractivity contribution < 1.29 is 19.4 Å². The van der Waals surface area contributed by atoms with Gasteiger partial charge in [0.15, 0.2) is 6.29 Å². The molecule has 2 saturated heterocycles. The Morgan fingerprint density at radius 1 is 1.21 bits per heavy atom. The molecule has 2 aliphatic heterocycles. The molecule has 2 unspecified atom stereocenters. The third kappa shape index (κ3) is 2.37. The predicted octanol–water partition coefficient (Wildman–Crippen LogP) is 3.78. The highest BCUT2D eigenvalue weighted by atomic mass is 16.7. The fraction of sp³-hybridized carbons (Fsp3) is 0.850. The molecular formula is C20H30O4. The van der Waals surface area contributed by atoms with Crippen LogP contribution in [0.25, 0.3) is 0 Å². The van der Waals surface area contributed by atoms with Crippen molar-refractivity contribution in [3.63, 3.8) is 0 Å². The second-order valence-corrected chi connectivity index (χ2v) is 9.47. The maximum Gasteiger partial charge on any atom is 0.315 e. The number of rotatable bonds is 1. The van der Waals surface area contributed by atoms with Crippen molar-refractivity contribution in [1.29, 1.82) is 0 Å². The first-order valence-corrected chi connectivity index (χ1v) is 9.49. The number of allylic oxidation sites excluding steroid dienone is 1. The molecule has 24 heavy (non-hydrogen) atoms. The fourth-order valence-electron chi connectivity index (χ4n) is 6.15. The summed E-state index contributed by atoms with van der Waals surface area (Å²) in [7, 11) is 0. The van der Waals surface area contributed by atoms with E-state index in [2.05, 4.69) is 20.8 Å². The molecule has 1 N–H and O–H groups in total. The van der Waals surface area contributed by atoms with Crippen molar-refractivity contribution in [2.45, 2.75) is 78.8 Å². The van der Waals surface area contributed by atoms with E-state index in [1.165, 1.54) is 36.8 Å². The molecule has 134 valence electrons. The van der Waals surface area contributed by atoms with Gasteiger partial charge < -0.3 is 14.6 Å². The first kappa shape index (κ1) is 16.6. The smallest absolute Gasteiger partial charge is 0.315 e. The molecule has 2 heterocycles. The van der Waals surface area contributed by atoms with Crippen LogP contribution in [-0.4, -0.2) is 23.7 Å². The van der Waals surface area contributed by atoms with E-state index in [1.54, 1.807) is 0 Å². The van der Waals surface area contributed by atoms with E-state index < -0.39 is 12.6 Å². The molecule has 6 atom stereocenters. The average Bonchev–Trinajstić information content (AvgIpc) is 2.80. The second-order valence-electron chi connectivity index (χ2n) is 9.47. The zero-order chi connectivity index (χ0) is 17.3. The highest BCUT2D eigenvalue weighted by Crippen LogP contribution is 2.58. The molecule has 0 aromatic carbocycles. The van der Waals surface area contributed by atoms with E-state index in [1.807, 2.05) is 6.92 Å². The van der Waals surface area contributed by atoms with Gasteiger partial charge in [0.05, 0.1) is 11.8 Å². The predicted molar refractivity (Wildman–Crippen MR) is 89.7 cm³/mol. The van der Waals surface area contributed by atoms with Crippen LogP contribution in [0.1, 0.15) is 66.2 Å². The van der Waals surface area contributed by atoms with Crippen LogP contribution in [0.3, 0.4) is 0 Å². The highest BCUT2D eigenvalue weighted by molar-refractivity contribution is 5.77. The summed E-state index contributed by atoms with van der Waals surface area (Å²) >= 11 is 0. The number of esters is 1. The Morgan fingerprint density at radius 3 is 2.67 bits per heavy atom. The first-order valence-electron chi connectivity index (χ1n) is 9.49. The van der Waals surface area contributed by atoms with Gasteiger partial charge in [0.1, 0.15) is 0 Å². The van der Waals surface area contributed by atoms with Crippen LogP contribution in [0.5, 0.6) is 0 Å². The summed E-state index contributed by atoms with van der Waals surface area (Å²) in [4.78, 5) is 12.4. The minimum atomic E-state index is -0.801. The number of aliphatic hydroxyl groups excluding tert-OH is 1. The first-order chi connectivity index (χ1) is 11.2. The van der Waals surface area contributed by atoms with Crippen LogP contribution >= 0.6 is 0 Å². The summed E-state index contributed by atoms with van der Waals surface area (Å²) in [5.74, 6) is -0.278. The molecule has 1 saturated carbocycles. The van der Waals surface area contributed by atoms with E-state index in [4.69, 9.17) is 9.47 Å². The number of hydrogen-bond donors (Lipinski definition) is 1. The quantitative estimate of drug-likeness (QED) is 0.585. The van der Waals surface area contributed by atoms with Crippen molar-refractivity contribution in [3.05, 3.63) is 11.1 Å². The molecule has 0 amide bonds. The lowest BCUT2D eigenvalue weighted by Gasteiger charge is -2.49. The van der Waals surface area contributed by atoms with Crippen molar-refractivity contribution >= 4 is 5.97 Å². The molecule has 4 aliphatic rings. The Bertz CT molecular complexity index is 592. The maximum absolute atomic E-state index is 12.4. The Morgan fingerprint density at radius 2 is 1.96 bits per heavy atom. The average molecular weight is 334 g/mol. The zero-order valence-corrected chi connectivity index (χ0v) is 15.3. The van der Waals surface area contributed by atoms with Crippen LogP contribution in [0, 0.1) is 28.6 Å². The van der Waals surface area contributed by atoms with Crippen molar-refractivity contribution in [3.8, 4) is 0 Å². The van der Waals surface area contributed by atoms with E-state index in [-0.39, 0.29) is 29.1 Å². The van der Waals surface area contributed by atoms with Gasteiger partial charge in [-0.25, -0.2) is 0 Å². The number of ether oxygens (including phenoxy) is 2. The van der Waals surface area contributed by atoms with Crippen LogP contribution in [0.4, 0.5) is 0 Å². The summed E-state index contributed by atoms with van der Waals surface area (Å²) in [5, 5.41) is 10.3. The Kier molecular flexibility index (Phi) is 3.67. The van der Waals surface area contributed by atoms with Gasteiger partial charge in [-0.3, -0.25) is 4.79 Å². The molecule has 0 aromatic rings. The van der Waals surface area contributed by atoms with Gasteiger partial charge in [-0.1, -0.05) is 32.8 Å². The number of carbonyl (C=O) groups excluding carboxylic acids is 1. The fourth-order valence-corrected chi connectivity index (χ4v) is 6.15. The Labute approximate surface area is 144 Å². The van der Waals surface area contributed by atoms with Crippen LogP contribution in [0.15, 0.2) is 11.1 Å². The normalized spacial score (nSPS) is 47.4. The molecule has 4 rings (SSSR count). The molecule has 0 spiro atoms. The van der Waals surface area contributed by atoms with E-state index in [9.17, 15) is 9.90 Å². The summed E-state index contributed by atoms with van der Waals surface area (Å²) < 4.78 is 11.1. The highest BCUT2D eigenvalue weighted by Gasteiger charge is 2.56. The summed E-state index contributed by atoms with van der Waals surface area (Å²) in [6.07, 6.45) is 5.42. The van der Waals surface area contributed by atoms with Gasteiger partial charge in [-0.05, 0) is 55.4 Å². The summed E-state index contributed by atoms with van der Waals surface area (Å²) in [6.45, 7) is 9.10. The van der Waals surface area contributed by atoms with Crippen molar-refractivity contribution in [1.82, 2.24) is 0 Å². The van der Waals surface area contributed by atoms with Crippen LogP contribution in [0.2, 0.25) is 0 Å². The molecule has 4 nitrogen and oxygen atoms in total. The lowest BCUT2D eigenvalue weighted by Crippen LogP contribution is -2.44. The van der Waals surface area contributed by atoms with Gasteiger partial charge in [0.25, 0.3) is 0 Å². The monoisotopic (exact) mass is 334 g/mol. The SMILES string of the molecule is C[C@H]1C(=O)OC2OC(O)[C@@H]3CCC([C@@]4(C)CCCC(C)(C)C4)=C1[C@H]23. The summed E-state index contributed by atoms with van der Waals surface area (Å²) in [6, 6.07) is 0. The molecule has 0 radical (unpaired) electrons. The lowest BCUT2D eigenvalue weighted by molar-refractivity contribution is -0.209. The van der Waals surface area contributed by atoms with E-state index in [0.29, 0.717) is 5.41 Å².